The predicted octanol–water partition coefficient (Wildman–Crippen LogP) is 0.510. The van der Waals surface area contributed by atoms with Gasteiger partial charge in [-0.05, 0) is 25.0 Å². The number of carbonyl (C=O) groups excluding carboxylic acids is 3. The summed E-state index contributed by atoms with van der Waals surface area (Å²) in [4.78, 5) is 34.1. The van der Waals surface area contributed by atoms with Crippen molar-refractivity contribution in [3.8, 4) is 5.75 Å². The van der Waals surface area contributed by atoms with Crippen LogP contribution in [0.4, 0.5) is 13.2 Å². The Bertz CT molecular complexity index is 644. The summed E-state index contributed by atoms with van der Waals surface area (Å²) in [6.07, 6.45) is -3.04. The minimum absolute atomic E-state index is 0.0267. The van der Waals surface area contributed by atoms with Crippen LogP contribution < -0.4 is 20.9 Å². The van der Waals surface area contributed by atoms with E-state index in [1.54, 1.807) is 0 Å². The van der Waals surface area contributed by atoms with Gasteiger partial charge in [0.1, 0.15) is 5.75 Å². The molecule has 1 aromatic rings. The summed E-state index contributed by atoms with van der Waals surface area (Å²) < 4.78 is 43.0. The Hall–Kier alpha value is -2.78. The van der Waals surface area contributed by atoms with Gasteiger partial charge in [0.25, 0.3) is 5.91 Å². The van der Waals surface area contributed by atoms with E-state index in [-0.39, 0.29) is 6.04 Å². The fourth-order valence-corrected chi connectivity index (χ4v) is 1.67. The third-order valence-corrected chi connectivity index (χ3v) is 2.99. The minimum atomic E-state index is -4.62. The lowest BCUT2D eigenvalue weighted by atomic mass is 10.2. The minimum Gasteiger partial charge on any atom is -0.483 e. The quantitative estimate of drug-likeness (QED) is 0.547. The monoisotopic (exact) mass is 345 g/mol. The molecule has 7 nitrogen and oxygen atoms in total. The van der Waals surface area contributed by atoms with E-state index < -0.39 is 41.8 Å². The molecule has 1 aromatic carbocycles. The molecule has 1 aliphatic carbocycles. The molecule has 0 bridgehead atoms. The maximum atomic E-state index is 12.7. The Balaban J connectivity index is 1.79. The lowest BCUT2D eigenvalue weighted by Gasteiger charge is -2.13. The maximum Gasteiger partial charge on any atom is 0.419 e. The van der Waals surface area contributed by atoms with Gasteiger partial charge < -0.3 is 10.1 Å². The van der Waals surface area contributed by atoms with Gasteiger partial charge in [0, 0.05) is 6.04 Å². The Morgan fingerprint density at radius 1 is 1.08 bits per heavy atom. The zero-order chi connectivity index (χ0) is 17.7. The van der Waals surface area contributed by atoms with E-state index in [1.165, 1.54) is 12.1 Å². The molecule has 3 N–H and O–H groups in total. The fourth-order valence-electron chi connectivity index (χ4n) is 1.67. The number of hydrazine groups is 1. The van der Waals surface area contributed by atoms with Gasteiger partial charge in [-0.1, -0.05) is 12.1 Å². The van der Waals surface area contributed by atoms with E-state index in [4.69, 9.17) is 4.74 Å². The van der Waals surface area contributed by atoms with Gasteiger partial charge in [0.2, 0.25) is 0 Å². The van der Waals surface area contributed by atoms with Crippen LogP contribution in [-0.2, 0) is 20.6 Å². The number of halogens is 3. The van der Waals surface area contributed by atoms with Crippen molar-refractivity contribution in [2.75, 3.05) is 6.61 Å². The molecule has 1 aliphatic rings. The highest BCUT2D eigenvalue weighted by molar-refractivity contribution is 6.35. The van der Waals surface area contributed by atoms with Gasteiger partial charge in [-0.15, -0.1) is 0 Å². The summed E-state index contributed by atoms with van der Waals surface area (Å²) in [7, 11) is 0. The molecular weight excluding hydrogens is 331 g/mol. The van der Waals surface area contributed by atoms with Gasteiger partial charge in [0.15, 0.2) is 6.61 Å². The predicted molar refractivity (Wildman–Crippen MR) is 74.4 cm³/mol. The van der Waals surface area contributed by atoms with E-state index in [0.717, 1.165) is 25.0 Å². The Morgan fingerprint density at radius 2 is 1.75 bits per heavy atom. The maximum absolute atomic E-state index is 12.7. The molecule has 0 spiro atoms. The number of para-hydroxylation sites is 1. The van der Waals surface area contributed by atoms with Crippen molar-refractivity contribution < 1.29 is 32.3 Å². The van der Waals surface area contributed by atoms with Crippen LogP contribution in [0.5, 0.6) is 5.75 Å². The summed E-state index contributed by atoms with van der Waals surface area (Å²) in [6, 6.07) is 4.37. The Labute approximate surface area is 134 Å². The van der Waals surface area contributed by atoms with Gasteiger partial charge in [-0.3, -0.25) is 25.2 Å². The molecule has 3 amide bonds. The molecule has 130 valence electrons. The first-order valence-corrected chi connectivity index (χ1v) is 6.96. The molecule has 2 rings (SSSR count). The number of benzene rings is 1. The van der Waals surface area contributed by atoms with Crippen molar-refractivity contribution in [3.05, 3.63) is 29.8 Å². The van der Waals surface area contributed by atoms with Crippen molar-refractivity contribution in [3.63, 3.8) is 0 Å². The van der Waals surface area contributed by atoms with Crippen LogP contribution in [0.1, 0.15) is 18.4 Å². The molecular formula is C14H14F3N3O4. The lowest BCUT2D eigenvalue weighted by molar-refractivity contribution is -0.141. The largest absolute Gasteiger partial charge is 0.483 e. The van der Waals surface area contributed by atoms with E-state index >= 15 is 0 Å². The van der Waals surface area contributed by atoms with Crippen LogP contribution >= 0.6 is 0 Å². The van der Waals surface area contributed by atoms with Crippen LogP contribution in [0, 0.1) is 0 Å². The number of rotatable bonds is 4. The molecule has 0 saturated heterocycles. The van der Waals surface area contributed by atoms with E-state index in [0.29, 0.717) is 0 Å². The number of hydrogen-bond donors (Lipinski definition) is 3. The van der Waals surface area contributed by atoms with Gasteiger partial charge in [0.05, 0.1) is 5.56 Å². The van der Waals surface area contributed by atoms with Crippen molar-refractivity contribution in [1.82, 2.24) is 16.2 Å². The standard InChI is InChI=1S/C14H14F3N3O4/c15-14(16,17)9-3-1-2-4-10(9)24-7-11(21)19-20-13(23)12(22)18-8-5-6-8/h1-4,8H,5-7H2,(H,18,22)(H,19,21)(H,20,23). The summed E-state index contributed by atoms with van der Waals surface area (Å²) in [6.45, 7) is -0.766. The van der Waals surface area contributed by atoms with Gasteiger partial charge >= 0.3 is 18.0 Å². The third-order valence-electron chi connectivity index (χ3n) is 2.99. The number of nitrogens with one attached hydrogen (secondary N) is 3. The van der Waals surface area contributed by atoms with Gasteiger partial charge in [-0.25, -0.2) is 0 Å². The summed E-state index contributed by atoms with van der Waals surface area (Å²) in [5.41, 5.74) is 2.70. The molecule has 0 radical (unpaired) electrons. The smallest absolute Gasteiger partial charge is 0.419 e. The van der Waals surface area contributed by atoms with Gasteiger partial charge in [-0.2, -0.15) is 13.2 Å². The average Bonchev–Trinajstić information content (AvgIpc) is 3.33. The molecule has 0 aliphatic heterocycles. The second kappa shape index (κ2) is 7.20. The zero-order valence-electron chi connectivity index (χ0n) is 12.3. The molecule has 10 heteroatoms. The number of amides is 3. The van der Waals surface area contributed by atoms with E-state index in [9.17, 15) is 27.6 Å². The number of carbonyl (C=O) groups is 3. The highest BCUT2D eigenvalue weighted by atomic mass is 19.4. The second-order valence-electron chi connectivity index (χ2n) is 5.03. The van der Waals surface area contributed by atoms with Crippen molar-refractivity contribution in [1.29, 1.82) is 0 Å². The fraction of sp³-hybridized carbons (Fsp3) is 0.357. The molecule has 24 heavy (non-hydrogen) atoms. The van der Waals surface area contributed by atoms with E-state index in [2.05, 4.69) is 5.32 Å². The van der Waals surface area contributed by atoms with E-state index in [1.807, 2.05) is 10.9 Å². The summed E-state index contributed by atoms with van der Waals surface area (Å²) >= 11 is 0. The topological polar surface area (TPSA) is 96.5 Å². The Kier molecular flexibility index (Phi) is 5.27. The summed E-state index contributed by atoms with van der Waals surface area (Å²) in [5, 5.41) is 2.40. The van der Waals surface area contributed by atoms with Crippen molar-refractivity contribution in [2.24, 2.45) is 0 Å². The van der Waals surface area contributed by atoms with Crippen LogP contribution in [0.25, 0.3) is 0 Å². The third kappa shape index (κ3) is 5.14. The second-order valence-corrected chi connectivity index (χ2v) is 5.03. The van der Waals surface area contributed by atoms with Crippen molar-refractivity contribution in [2.45, 2.75) is 25.1 Å². The highest BCUT2D eigenvalue weighted by Crippen LogP contribution is 2.35. The number of hydrogen-bond acceptors (Lipinski definition) is 4. The zero-order valence-corrected chi connectivity index (χ0v) is 12.3. The molecule has 1 saturated carbocycles. The first-order chi connectivity index (χ1) is 11.3. The molecule has 1 fully saturated rings. The molecule has 0 aromatic heterocycles. The number of ether oxygens (including phenoxy) is 1. The average molecular weight is 345 g/mol. The number of alkyl halides is 3. The Morgan fingerprint density at radius 3 is 2.38 bits per heavy atom. The SMILES string of the molecule is O=C(COc1ccccc1C(F)(F)F)NNC(=O)C(=O)NC1CC1. The van der Waals surface area contributed by atoms with Crippen LogP contribution in [0.2, 0.25) is 0 Å². The van der Waals surface area contributed by atoms with Crippen LogP contribution in [0.15, 0.2) is 24.3 Å². The highest BCUT2D eigenvalue weighted by Gasteiger charge is 2.34. The van der Waals surface area contributed by atoms with Crippen LogP contribution in [-0.4, -0.2) is 30.4 Å². The normalized spacial score (nSPS) is 13.8. The first kappa shape index (κ1) is 17.6. The van der Waals surface area contributed by atoms with Crippen LogP contribution in [0.3, 0.4) is 0 Å². The molecule has 0 heterocycles. The van der Waals surface area contributed by atoms with Crippen molar-refractivity contribution >= 4 is 17.7 Å². The summed E-state index contributed by atoms with van der Waals surface area (Å²) in [5.74, 6) is -3.41. The molecule has 0 unspecified atom stereocenters. The molecule has 0 atom stereocenters. The lowest BCUT2D eigenvalue weighted by Crippen LogP contribution is -2.50. The first-order valence-electron chi connectivity index (χ1n) is 6.96.